The van der Waals surface area contributed by atoms with E-state index in [1.165, 1.54) is 18.9 Å². The molecule has 31 heavy (non-hydrogen) atoms. The standard InChI is InChI=1S/C21H20N4O4S2/c1-28-18(26)10-11-25-20(27)14-6-2-3-7-15(14)22-21(25)31-13-5-9-17-23-19(24-29-17)16-8-4-12-30-16/h2-4,6-8,12H,5,9-11,13H2,1H3. The third kappa shape index (κ3) is 5.02. The summed E-state index contributed by atoms with van der Waals surface area (Å²) in [6.45, 7) is 0.222. The summed E-state index contributed by atoms with van der Waals surface area (Å²) in [4.78, 5) is 34.6. The summed E-state index contributed by atoms with van der Waals surface area (Å²) in [7, 11) is 1.33. The second-order valence-electron chi connectivity index (χ2n) is 6.64. The second-order valence-corrected chi connectivity index (χ2v) is 8.65. The number of thiophene rings is 1. The van der Waals surface area contributed by atoms with Crippen molar-refractivity contribution >= 4 is 40.0 Å². The number of ether oxygens (including phenoxy) is 1. The molecule has 0 aliphatic rings. The topological polar surface area (TPSA) is 100 Å². The Morgan fingerprint density at radius 2 is 2.10 bits per heavy atom. The number of benzene rings is 1. The lowest BCUT2D eigenvalue weighted by Gasteiger charge is -2.12. The number of aromatic nitrogens is 4. The minimum atomic E-state index is -0.367. The zero-order valence-electron chi connectivity index (χ0n) is 16.8. The predicted octanol–water partition coefficient (Wildman–Crippen LogP) is 3.80. The molecule has 0 aliphatic heterocycles. The van der Waals surface area contributed by atoms with Crippen LogP contribution in [-0.2, 0) is 22.5 Å². The summed E-state index contributed by atoms with van der Waals surface area (Å²) in [6.07, 6.45) is 1.51. The van der Waals surface area contributed by atoms with Gasteiger partial charge in [-0.05, 0) is 30.0 Å². The van der Waals surface area contributed by atoms with Crippen molar-refractivity contribution in [3.63, 3.8) is 0 Å². The van der Waals surface area contributed by atoms with Crippen LogP contribution in [0, 0.1) is 0 Å². The summed E-state index contributed by atoms with van der Waals surface area (Å²) >= 11 is 3.04. The highest BCUT2D eigenvalue weighted by molar-refractivity contribution is 7.99. The van der Waals surface area contributed by atoms with Gasteiger partial charge in [0.2, 0.25) is 11.7 Å². The second kappa shape index (κ2) is 9.88. The maximum atomic E-state index is 12.9. The fourth-order valence-corrected chi connectivity index (χ4v) is 4.62. The van der Waals surface area contributed by atoms with Gasteiger partial charge in [0.15, 0.2) is 5.16 Å². The van der Waals surface area contributed by atoms with Gasteiger partial charge in [0, 0.05) is 18.7 Å². The van der Waals surface area contributed by atoms with E-state index in [2.05, 4.69) is 15.1 Å². The molecule has 3 aromatic heterocycles. The van der Waals surface area contributed by atoms with Crippen molar-refractivity contribution in [3.8, 4) is 10.7 Å². The van der Waals surface area contributed by atoms with Gasteiger partial charge in [0.25, 0.3) is 5.56 Å². The van der Waals surface area contributed by atoms with Gasteiger partial charge in [-0.3, -0.25) is 14.2 Å². The SMILES string of the molecule is COC(=O)CCn1c(SCCCc2nc(-c3cccs3)no2)nc2ccccc2c1=O. The monoisotopic (exact) mass is 456 g/mol. The quantitative estimate of drug-likeness (QED) is 0.162. The van der Waals surface area contributed by atoms with Gasteiger partial charge in [-0.15, -0.1) is 11.3 Å². The molecule has 0 saturated carbocycles. The number of hydrogen-bond donors (Lipinski definition) is 0. The Bertz CT molecular complexity index is 1230. The molecule has 8 nitrogen and oxygen atoms in total. The van der Waals surface area contributed by atoms with E-state index in [4.69, 9.17) is 9.26 Å². The lowest BCUT2D eigenvalue weighted by atomic mass is 10.2. The van der Waals surface area contributed by atoms with Crippen molar-refractivity contribution < 1.29 is 14.1 Å². The molecule has 0 unspecified atom stereocenters. The molecule has 0 spiro atoms. The van der Waals surface area contributed by atoms with Crippen LogP contribution in [0.3, 0.4) is 0 Å². The van der Waals surface area contributed by atoms with E-state index >= 15 is 0 Å². The number of carbonyl (C=O) groups excluding carboxylic acids is 1. The lowest BCUT2D eigenvalue weighted by Crippen LogP contribution is -2.25. The molecule has 4 aromatic rings. The Balaban J connectivity index is 1.44. The van der Waals surface area contributed by atoms with E-state index in [0.29, 0.717) is 39.9 Å². The number of esters is 1. The molecule has 0 fully saturated rings. The first-order valence-corrected chi connectivity index (χ1v) is 11.6. The van der Waals surface area contributed by atoms with E-state index in [-0.39, 0.29) is 24.5 Å². The number of hydrogen-bond acceptors (Lipinski definition) is 9. The summed E-state index contributed by atoms with van der Waals surface area (Å²) in [5, 5.41) is 7.10. The molecule has 10 heteroatoms. The Hall–Kier alpha value is -2.98. The molecule has 0 bridgehead atoms. The highest BCUT2D eigenvalue weighted by atomic mass is 32.2. The first kappa shape index (κ1) is 21.3. The minimum absolute atomic E-state index is 0.109. The van der Waals surface area contributed by atoms with Crippen molar-refractivity contribution in [2.24, 2.45) is 0 Å². The average Bonchev–Trinajstić information content (AvgIpc) is 3.48. The zero-order chi connectivity index (χ0) is 21.6. The van der Waals surface area contributed by atoms with Crippen LogP contribution in [0.5, 0.6) is 0 Å². The number of thioether (sulfide) groups is 1. The number of fused-ring (bicyclic) bond motifs is 1. The van der Waals surface area contributed by atoms with E-state index in [0.717, 1.165) is 11.3 Å². The summed E-state index contributed by atoms with van der Waals surface area (Å²) < 4.78 is 11.6. The smallest absolute Gasteiger partial charge is 0.307 e. The van der Waals surface area contributed by atoms with Gasteiger partial charge >= 0.3 is 5.97 Å². The van der Waals surface area contributed by atoms with Gasteiger partial charge in [-0.1, -0.05) is 35.1 Å². The van der Waals surface area contributed by atoms with Crippen molar-refractivity contribution in [3.05, 3.63) is 58.0 Å². The fourth-order valence-electron chi connectivity index (χ4n) is 3.01. The first-order valence-electron chi connectivity index (χ1n) is 9.71. The molecule has 0 N–H and O–H groups in total. The zero-order valence-corrected chi connectivity index (χ0v) is 18.4. The number of rotatable bonds is 9. The lowest BCUT2D eigenvalue weighted by molar-refractivity contribution is -0.140. The molecule has 0 saturated heterocycles. The molecule has 0 atom stereocenters. The Morgan fingerprint density at radius 1 is 1.23 bits per heavy atom. The predicted molar refractivity (Wildman–Crippen MR) is 119 cm³/mol. The number of methoxy groups -OCH3 is 1. The van der Waals surface area contributed by atoms with Crippen molar-refractivity contribution in [1.82, 2.24) is 19.7 Å². The van der Waals surface area contributed by atoms with Gasteiger partial charge in [0.05, 0.1) is 29.3 Å². The summed E-state index contributed by atoms with van der Waals surface area (Å²) in [5.41, 5.74) is 0.483. The maximum Gasteiger partial charge on any atom is 0.307 e. The normalized spacial score (nSPS) is 11.1. The first-order chi connectivity index (χ1) is 15.2. The third-order valence-electron chi connectivity index (χ3n) is 4.57. The van der Waals surface area contributed by atoms with Crippen LogP contribution in [0.15, 0.2) is 56.3 Å². The maximum absolute atomic E-state index is 12.9. The Labute approximate surface area is 186 Å². The summed E-state index contributed by atoms with van der Waals surface area (Å²) in [5.74, 6) is 1.53. The van der Waals surface area contributed by atoms with Gasteiger partial charge in [-0.25, -0.2) is 4.98 Å². The highest BCUT2D eigenvalue weighted by Gasteiger charge is 2.14. The average molecular weight is 457 g/mol. The minimum Gasteiger partial charge on any atom is -0.469 e. The largest absolute Gasteiger partial charge is 0.469 e. The van der Waals surface area contributed by atoms with Crippen LogP contribution in [-0.4, -0.2) is 38.5 Å². The van der Waals surface area contributed by atoms with Crippen LogP contribution in [0.2, 0.25) is 0 Å². The number of para-hydroxylation sites is 1. The van der Waals surface area contributed by atoms with Crippen LogP contribution in [0.25, 0.3) is 21.6 Å². The summed E-state index contributed by atoms with van der Waals surface area (Å²) in [6, 6.07) is 11.1. The van der Waals surface area contributed by atoms with E-state index < -0.39 is 0 Å². The number of nitrogens with zero attached hydrogens (tertiary/aromatic N) is 4. The molecular weight excluding hydrogens is 436 g/mol. The fraction of sp³-hybridized carbons (Fsp3) is 0.286. The van der Waals surface area contributed by atoms with Gasteiger partial charge < -0.3 is 9.26 Å². The van der Waals surface area contributed by atoms with Crippen LogP contribution >= 0.6 is 23.1 Å². The molecule has 1 aromatic carbocycles. The molecule has 0 radical (unpaired) electrons. The number of aryl methyl sites for hydroxylation is 1. The van der Waals surface area contributed by atoms with Crippen LogP contribution in [0.1, 0.15) is 18.7 Å². The van der Waals surface area contributed by atoms with Crippen molar-refractivity contribution in [2.75, 3.05) is 12.9 Å². The van der Waals surface area contributed by atoms with Crippen LogP contribution < -0.4 is 5.56 Å². The molecular formula is C21H20N4O4S2. The number of carbonyl (C=O) groups is 1. The van der Waals surface area contributed by atoms with E-state index in [1.807, 2.05) is 29.6 Å². The van der Waals surface area contributed by atoms with Gasteiger partial charge in [-0.2, -0.15) is 4.98 Å². The molecule has 160 valence electrons. The van der Waals surface area contributed by atoms with Crippen molar-refractivity contribution in [1.29, 1.82) is 0 Å². The van der Waals surface area contributed by atoms with Crippen molar-refractivity contribution in [2.45, 2.75) is 31.0 Å². The molecule has 0 aliphatic carbocycles. The Morgan fingerprint density at radius 3 is 2.90 bits per heavy atom. The highest BCUT2D eigenvalue weighted by Crippen LogP contribution is 2.23. The molecule has 4 rings (SSSR count). The Kier molecular flexibility index (Phi) is 6.78. The van der Waals surface area contributed by atoms with Gasteiger partial charge in [0.1, 0.15) is 0 Å². The van der Waals surface area contributed by atoms with E-state index in [1.54, 1.807) is 28.0 Å². The van der Waals surface area contributed by atoms with E-state index in [9.17, 15) is 9.59 Å². The molecule has 3 heterocycles. The molecule has 0 amide bonds. The van der Waals surface area contributed by atoms with Crippen LogP contribution in [0.4, 0.5) is 0 Å². The third-order valence-corrected chi connectivity index (χ3v) is 6.50.